The van der Waals surface area contributed by atoms with E-state index in [1.165, 1.54) is 44.2 Å². The fraction of sp³-hybridized carbons (Fsp3) is 0.591. The van der Waals surface area contributed by atoms with Crippen molar-refractivity contribution < 1.29 is 14.8 Å². The zero-order chi connectivity index (χ0) is 20.3. The number of carbonyl (C=O) groups is 1. The molecule has 0 aromatic heterocycles. The van der Waals surface area contributed by atoms with E-state index in [4.69, 9.17) is 11.6 Å². The van der Waals surface area contributed by atoms with Crippen molar-refractivity contribution in [2.24, 2.45) is 17.3 Å². The van der Waals surface area contributed by atoms with E-state index in [2.05, 4.69) is 12.2 Å². The molecule has 1 N–H and O–H groups in total. The van der Waals surface area contributed by atoms with Crippen molar-refractivity contribution in [1.82, 2.24) is 0 Å². The number of nitrogens with zero attached hydrogens (tertiary/aromatic N) is 1. The quantitative estimate of drug-likeness (QED) is 0.294. The van der Waals surface area contributed by atoms with Crippen molar-refractivity contribution in [3.63, 3.8) is 0 Å². The Kier molecular flexibility index (Phi) is 6.43. The summed E-state index contributed by atoms with van der Waals surface area (Å²) in [6.07, 6.45) is 13.0. The van der Waals surface area contributed by atoms with E-state index in [0.29, 0.717) is 23.8 Å². The summed E-state index contributed by atoms with van der Waals surface area (Å²) in [6, 6.07) is 4.65. The minimum absolute atomic E-state index is 0.0718. The smallest absolute Gasteiger partial charge is 0.307 e. The number of aliphatic carboxylic acids is 1. The first-order valence-electron chi connectivity index (χ1n) is 10.2. The maximum absolute atomic E-state index is 11.8. The molecule has 0 radical (unpaired) electrons. The van der Waals surface area contributed by atoms with E-state index in [1.54, 1.807) is 6.07 Å². The molecule has 1 aromatic rings. The van der Waals surface area contributed by atoms with Gasteiger partial charge in [-0.15, -0.1) is 0 Å². The molecular formula is C22H28ClNO4. The monoisotopic (exact) mass is 405 g/mol. The molecule has 2 fully saturated rings. The maximum Gasteiger partial charge on any atom is 0.307 e. The molecule has 3 rings (SSSR count). The standard InChI is InChI=1S/C22H28ClNO4/c1-2-17(21(25)26)18(16-6-7-19(23)20(13-16)24(27)28)5-3-4-10-22-11-8-15(14-22)9-12-22/h3-4,6-7,13,15,17-18H,2,5,8-12,14H2,1H3,(H,25,26). The van der Waals surface area contributed by atoms with E-state index in [-0.39, 0.29) is 16.6 Å². The average molecular weight is 406 g/mol. The lowest BCUT2D eigenvalue weighted by Crippen LogP contribution is -2.21. The van der Waals surface area contributed by atoms with Gasteiger partial charge < -0.3 is 5.11 Å². The van der Waals surface area contributed by atoms with Crippen molar-refractivity contribution in [2.75, 3.05) is 0 Å². The number of fused-ring (bicyclic) bond motifs is 2. The van der Waals surface area contributed by atoms with Gasteiger partial charge in [-0.05, 0) is 74.3 Å². The van der Waals surface area contributed by atoms with Crippen molar-refractivity contribution in [1.29, 1.82) is 0 Å². The normalized spacial score (nSPS) is 25.9. The van der Waals surface area contributed by atoms with Crippen LogP contribution >= 0.6 is 11.6 Å². The number of benzene rings is 1. The van der Waals surface area contributed by atoms with Gasteiger partial charge in [-0.3, -0.25) is 14.9 Å². The minimum atomic E-state index is -0.869. The molecule has 0 saturated heterocycles. The zero-order valence-corrected chi connectivity index (χ0v) is 17.0. The summed E-state index contributed by atoms with van der Waals surface area (Å²) in [4.78, 5) is 22.5. The number of allylic oxidation sites excluding steroid dienone is 2. The first-order valence-corrected chi connectivity index (χ1v) is 10.5. The van der Waals surface area contributed by atoms with Gasteiger partial charge in [-0.2, -0.15) is 0 Å². The number of hydrogen-bond acceptors (Lipinski definition) is 3. The molecule has 28 heavy (non-hydrogen) atoms. The van der Waals surface area contributed by atoms with Gasteiger partial charge in [0.25, 0.3) is 5.69 Å². The molecule has 5 nitrogen and oxygen atoms in total. The van der Waals surface area contributed by atoms with Crippen LogP contribution in [0.5, 0.6) is 0 Å². The summed E-state index contributed by atoms with van der Waals surface area (Å²) in [7, 11) is 0. The number of carboxylic acid groups (broad SMARTS) is 1. The fourth-order valence-electron chi connectivity index (χ4n) is 5.24. The molecule has 0 heterocycles. The van der Waals surface area contributed by atoms with E-state index in [1.807, 2.05) is 6.92 Å². The summed E-state index contributed by atoms with van der Waals surface area (Å²) in [5.41, 5.74) is 0.956. The highest BCUT2D eigenvalue weighted by molar-refractivity contribution is 6.32. The van der Waals surface area contributed by atoms with Gasteiger partial charge >= 0.3 is 5.97 Å². The molecule has 0 amide bonds. The molecule has 152 valence electrons. The van der Waals surface area contributed by atoms with Gasteiger partial charge in [0.1, 0.15) is 5.02 Å². The lowest BCUT2D eigenvalue weighted by molar-refractivity contribution is -0.384. The third-order valence-electron chi connectivity index (χ3n) is 6.83. The SMILES string of the molecule is CCC(C(=O)O)C(CC=CCC12CCC(CC1)C2)c1ccc(Cl)c([N+](=O)[O-])c1. The van der Waals surface area contributed by atoms with Crippen LogP contribution in [0.1, 0.15) is 69.8 Å². The summed E-state index contributed by atoms with van der Waals surface area (Å²) in [5.74, 6) is -0.864. The van der Waals surface area contributed by atoms with Crippen LogP contribution in [-0.2, 0) is 4.79 Å². The number of rotatable bonds is 9. The molecular weight excluding hydrogens is 378 g/mol. The molecule has 2 aliphatic rings. The lowest BCUT2D eigenvalue weighted by Gasteiger charge is -2.25. The topological polar surface area (TPSA) is 80.4 Å². The highest BCUT2D eigenvalue weighted by atomic mass is 35.5. The Hall–Kier alpha value is -1.88. The number of nitro groups is 1. The zero-order valence-electron chi connectivity index (χ0n) is 16.3. The summed E-state index contributed by atoms with van der Waals surface area (Å²) in [5, 5.41) is 21.0. The maximum atomic E-state index is 11.8. The summed E-state index contributed by atoms with van der Waals surface area (Å²) < 4.78 is 0. The summed E-state index contributed by atoms with van der Waals surface area (Å²) in [6.45, 7) is 1.84. The van der Waals surface area contributed by atoms with Gasteiger partial charge in [0.2, 0.25) is 0 Å². The second-order valence-electron chi connectivity index (χ2n) is 8.49. The van der Waals surface area contributed by atoms with Gasteiger partial charge in [0.05, 0.1) is 10.8 Å². The molecule has 2 atom stereocenters. The third kappa shape index (κ3) is 4.40. The fourth-order valence-corrected chi connectivity index (χ4v) is 5.42. The van der Waals surface area contributed by atoms with Gasteiger partial charge in [-0.25, -0.2) is 0 Å². The van der Waals surface area contributed by atoms with E-state index < -0.39 is 16.8 Å². The van der Waals surface area contributed by atoms with Crippen LogP contribution in [0, 0.1) is 27.4 Å². The molecule has 2 unspecified atom stereocenters. The first-order chi connectivity index (χ1) is 13.3. The van der Waals surface area contributed by atoms with Gasteiger partial charge in [-0.1, -0.05) is 36.7 Å². The highest BCUT2D eigenvalue weighted by Gasteiger charge is 2.43. The van der Waals surface area contributed by atoms with Crippen molar-refractivity contribution in [2.45, 2.75) is 64.2 Å². The van der Waals surface area contributed by atoms with Crippen LogP contribution in [0.15, 0.2) is 30.4 Å². The minimum Gasteiger partial charge on any atom is -0.481 e. The Morgan fingerprint density at radius 3 is 2.64 bits per heavy atom. The number of halogens is 1. The second kappa shape index (κ2) is 8.64. The van der Waals surface area contributed by atoms with Crippen molar-refractivity contribution in [3.8, 4) is 0 Å². The molecule has 2 saturated carbocycles. The van der Waals surface area contributed by atoms with Crippen LogP contribution in [0.4, 0.5) is 5.69 Å². The van der Waals surface area contributed by atoms with Gasteiger partial charge in [0.15, 0.2) is 0 Å². The van der Waals surface area contributed by atoms with E-state index in [0.717, 1.165) is 12.3 Å². The second-order valence-corrected chi connectivity index (χ2v) is 8.89. The molecule has 2 bridgehead atoms. The van der Waals surface area contributed by atoms with Crippen LogP contribution in [0.3, 0.4) is 0 Å². The Morgan fingerprint density at radius 2 is 2.11 bits per heavy atom. The average Bonchev–Trinajstić information content (AvgIpc) is 3.25. The third-order valence-corrected chi connectivity index (χ3v) is 7.15. The summed E-state index contributed by atoms with van der Waals surface area (Å²) >= 11 is 5.93. The van der Waals surface area contributed by atoms with Gasteiger partial charge in [0, 0.05) is 12.0 Å². The first kappa shape index (κ1) is 20.8. The molecule has 0 spiro atoms. The highest BCUT2D eigenvalue weighted by Crippen LogP contribution is 2.56. The van der Waals surface area contributed by atoms with E-state index in [9.17, 15) is 20.0 Å². The Labute approximate surface area is 170 Å². The Balaban J connectivity index is 1.77. The molecule has 1 aromatic carbocycles. The van der Waals surface area contributed by atoms with Crippen molar-refractivity contribution in [3.05, 3.63) is 51.1 Å². The molecule has 2 aliphatic carbocycles. The number of hydrogen-bond donors (Lipinski definition) is 1. The largest absolute Gasteiger partial charge is 0.481 e. The van der Waals surface area contributed by atoms with E-state index >= 15 is 0 Å². The molecule has 0 aliphatic heterocycles. The van der Waals surface area contributed by atoms with Crippen LogP contribution < -0.4 is 0 Å². The van der Waals surface area contributed by atoms with Crippen LogP contribution in [-0.4, -0.2) is 16.0 Å². The number of nitro benzene ring substituents is 1. The number of carboxylic acids is 1. The predicted octanol–water partition coefficient (Wildman–Crippen LogP) is 6.36. The Morgan fingerprint density at radius 1 is 1.39 bits per heavy atom. The predicted molar refractivity (Wildman–Crippen MR) is 110 cm³/mol. The van der Waals surface area contributed by atoms with Crippen LogP contribution in [0.25, 0.3) is 0 Å². The Bertz CT molecular complexity index is 768. The molecule has 6 heteroatoms. The lowest BCUT2D eigenvalue weighted by atomic mass is 9.79. The van der Waals surface area contributed by atoms with Crippen molar-refractivity contribution >= 4 is 23.3 Å². The van der Waals surface area contributed by atoms with Crippen LogP contribution in [0.2, 0.25) is 5.02 Å².